The lowest BCUT2D eigenvalue weighted by Crippen LogP contribution is -2.15. The Morgan fingerprint density at radius 2 is 1.50 bits per heavy atom. The maximum absolute atomic E-state index is 12.5. The Bertz CT molecular complexity index is 943. The van der Waals surface area contributed by atoms with Crippen LogP contribution < -0.4 is 0 Å². The zero-order chi connectivity index (χ0) is 18.5. The lowest BCUT2D eigenvalue weighted by atomic mass is 10.00. The first-order valence-electron chi connectivity index (χ1n) is 8.48. The van der Waals surface area contributed by atoms with Crippen molar-refractivity contribution in [2.24, 2.45) is 0 Å². The van der Waals surface area contributed by atoms with Gasteiger partial charge in [-0.1, -0.05) is 60.7 Å². The lowest BCUT2D eigenvalue weighted by molar-refractivity contribution is 0.0475. The van der Waals surface area contributed by atoms with Crippen LogP contribution in [0.3, 0.4) is 0 Å². The Kier molecular flexibility index (Phi) is 5.28. The number of aryl methyl sites for hydroxylation is 2. The first-order valence-corrected chi connectivity index (χ1v) is 8.48. The zero-order valence-electron chi connectivity index (χ0n) is 14.9. The number of esters is 1. The van der Waals surface area contributed by atoms with E-state index in [0.29, 0.717) is 11.1 Å². The Morgan fingerprint density at radius 3 is 2.23 bits per heavy atom. The summed E-state index contributed by atoms with van der Waals surface area (Å²) in [5, 5.41) is 0. The van der Waals surface area contributed by atoms with Crippen LogP contribution in [0.2, 0.25) is 0 Å². The molecule has 3 aromatic rings. The van der Waals surface area contributed by atoms with Crippen LogP contribution in [0.15, 0.2) is 72.8 Å². The average Bonchev–Trinajstić information content (AvgIpc) is 2.68. The number of ether oxygens (including phenoxy) is 1. The third kappa shape index (κ3) is 3.89. The maximum atomic E-state index is 12.5. The molecule has 0 aliphatic heterocycles. The Balaban J connectivity index is 1.75. The molecule has 0 radical (unpaired) electrons. The fourth-order valence-corrected chi connectivity index (χ4v) is 2.74. The number of ketones is 1. The average molecular weight is 344 g/mol. The molecule has 0 aliphatic rings. The van der Waals surface area contributed by atoms with E-state index in [0.717, 1.165) is 22.3 Å². The smallest absolute Gasteiger partial charge is 0.339 e. The molecule has 3 rings (SSSR count). The van der Waals surface area contributed by atoms with E-state index in [1.165, 1.54) is 0 Å². The molecule has 0 aromatic heterocycles. The predicted molar refractivity (Wildman–Crippen MR) is 102 cm³/mol. The van der Waals surface area contributed by atoms with E-state index < -0.39 is 5.97 Å². The maximum Gasteiger partial charge on any atom is 0.339 e. The van der Waals surface area contributed by atoms with Gasteiger partial charge in [-0.05, 0) is 48.2 Å². The molecule has 130 valence electrons. The van der Waals surface area contributed by atoms with Gasteiger partial charge in [-0.3, -0.25) is 4.79 Å². The summed E-state index contributed by atoms with van der Waals surface area (Å²) in [6.07, 6.45) is 0. The minimum atomic E-state index is -0.498. The summed E-state index contributed by atoms with van der Waals surface area (Å²) in [6.45, 7) is 3.67. The van der Waals surface area contributed by atoms with Gasteiger partial charge in [0.05, 0.1) is 5.56 Å². The van der Waals surface area contributed by atoms with Gasteiger partial charge in [0.1, 0.15) is 0 Å². The van der Waals surface area contributed by atoms with Gasteiger partial charge in [0.2, 0.25) is 0 Å². The molecule has 26 heavy (non-hydrogen) atoms. The summed E-state index contributed by atoms with van der Waals surface area (Å²) in [5.41, 5.74) is 4.88. The van der Waals surface area contributed by atoms with Crippen molar-refractivity contribution < 1.29 is 14.3 Å². The highest BCUT2D eigenvalue weighted by atomic mass is 16.5. The molecule has 0 bridgehead atoms. The minimum absolute atomic E-state index is 0.210. The van der Waals surface area contributed by atoms with Gasteiger partial charge < -0.3 is 4.74 Å². The second-order valence-electron chi connectivity index (χ2n) is 6.21. The van der Waals surface area contributed by atoms with Crippen molar-refractivity contribution in [3.8, 4) is 11.1 Å². The van der Waals surface area contributed by atoms with Crippen molar-refractivity contribution >= 4 is 11.8 Å². The van der Waals surface area contributed by atoms with E-state index in [-0.39, 0.29) is 12.4 Å². The van der Waals surface area contributed by atoms with E-state index in [9.17, 15) is 9.59 Å². The van der Waals surface area contributed by atoms with Crippen molar-refractivity contribution in [3.63, 3.8) is 0 Å². The van der Waals surface area contributed by atoms with Crippen LogP contribution in [0.1, 0.15) is 31.8 Å². The number of hydrogen-bond acceptors (Lipinski definition) is 3. The Hall–Kier alpha value is -3.20. The number of carbonyl (C=O) groups excluding carboxylic acids is 2. The molecule has 0 heterocycles. The highest BCUT2D eigenvalue weighted by Gasteiger charge is 2.16. The molecule has 0 fully saturated rings. The largest absolute Gasteiger partial charge is 0.454 e. The Morgan fingerprint density at radius 1 is 0.808 bits per heavy atom. The van der Waals surface area contributed by atoms with Crippen molar-refractivity contribution in [1.82, 2.24) is 0 Å². The summed E-state index contributed by atoms with van der Waals surface area (Å²) in [6, 6.07) is 22.4. The second-order valence-corrected chi connectivity index (χ2v) is 6.21. The fourth-order valence-electron chi connectivity index (χ4n) is 2.74. The van der Waals surface area contributed by atoms with E-state index in [1.54, 1.807) is 18.2 Å². The summed E-state index contributed by atoms with van der Waals surface area (Å²) < 4.78 is 5.29. The molecule has 0 aliphatic carbocycles. The van der Waals surface area contributed by atoms with Crippen molar-refractivity contribution in [1.29, 1.82) is 0 Å². The third-order valence-corrected chi connectivity index (χ3v) is 4.40. The Labute approximate surface area is 153 Å². The van der Waals surface area contributed by atoms with Crippen LogP contribution in [0.4, 0.5) is 0 Å². The van der Waals surface area contributed by atoms with Crippen LogP contribution in [0, 0.1) is 13.8 Å². The fraction of sp³-hybridized carbons (Fsp3) is 0.130. The summed E-state index contributed by atoms with van der Waals surface area (Å²) in [7, 11) is 0. The molecular weight excluding hydrogens is 324 g/mol. The number of carbonyl (C=O) groups is 2. The van der Waals surface area contributed by atoms with Crippen molar-refractivity contribution in [2.45, 2.75) is 13.8 Å². The van der Waals surface area contributed by atoms with Crippen molar-refractivity contribution in [2.75, 3.05) is 6.61 Å². The molecule has 0 spiro atoms. The molecule has 0 N–H and O–H groups in total. The molecule has 0 atom stereocenters. The first-order chi connectivity index (χ1) is 12.6. The SMILES string of the molecule is Cc1ccc(C(=O)COC(=O)c2ccccc2-c2ccccc2)cc1C. The van der Waals surface area contributed by atoms with Gasteiger partial charge in [-0.15, -0.1) is 0 Å². The van der Waals surface area contributed by atoms with E-state index in [1.807, 2.05) is 68.4 Å². The summed E-state index contributed by atoms with van der Waals surface area (Å²) >= 11 is 0. The molecule has 0 amide bonds. The molecule has 0 saturated carbocycles. The van der Waals surface area contributed by atoms with Crippen LogP contribution >= 0.6 is 0 Å². The van der Waals surface area contributed by atoms with Crippen LogP contribution in [0.5, 0.6) is 0 Å². The van der Waals surface area contributed by atoms with Crippen LogP contribution in [-0.4, -0.2) is 18.4 Å². The standard InChI is InChI=1S/C23H20O3/c1-16-12-13-19(14-17(16)2)22(24)15-26-23(25)21-11-7-6-10-20(21)18-8-4-3-5-9-18/h3-14H,15H2,1-2H3. The van der Waals surface area contributed by atoms with E-state index in [2.05, 4.69) is 0 Å². The molecule has 0 saturated heterocycles. The number of Topliss-reactive ketones (excluding diaryl/α,β-unsaturated/α-hetero) is 1. The molecule has 3 nitrogen and oxygen atoms in total. The zero-order valence-corrected chi connectivity index (χ0v) is 14.9. The van der Waals surface area contributed by atoms with Gasteiger partial charge in [-0.25, -0.2) is 4.79 Å². The van der Waals surface area contributed by atoms with Gasteiger partial charge in [0, 0.05) is 5.56 Å². The molecular formula is C23H20O3. The minimum Gasteiger partial charge on any atom is -0.454 e. The van der Waals surface area contributed by atoms with Crippen molar-refractivity contribution in [3.05, 3.63) is 95.1 Å². The highest BCUT2D eigenvalue weighted by Crippen LogP contribution is 2.24. The van der Waals surface area contributed by atoms with Gasteiger partial charge in [0.15, 0.2) is 12.4 Å². The summed E-state index contributed by atoms with van der Waals surface area (Å²) in [4.78, 5) is 24.8. The van der Waals surface area contributed by atoms with Gasteiger partial charge in [0.25, 0.3) is 0 Å². The van der Waals surface area contributed by atoms with Crippen LogP contribution in [0.25, 0.3) is 11.1 Å². The second kappa shape index (κ2) is 7.79. The van der Waals surface area contributed by atoms with Gasteiger partial charge >= 0.3 is 5.97 Å². The quantitative estimate of drug-likeness (QED) is 0.483. The van der Waals surface area contributed by atoms with E-state index in [4.69, 9.17) is 4.74 Å². The normalized spacial score (nSPS) is 10.4. The van der Waals surface area contributed by atoms with E-state index >= 15 is 0 Å². The summed E-state index contributed by atoms with van der Waals surface area (Å²) in [5.74, 6) is -0.708. The van der Waals surface area contributed by atoms with Crippen LogP contribution in [-0.2, 0) is 4.74 Å². The molecule has 3 aromatic carbocycles. The first kappa shape index (κ1) is 17.6. The molecule has 0 unspecified atom stereocenters. The topological polar surface area (TPSA) is 43.4 Å². The number of benzene rings is 3. The monoisotopic (exact) mass is 344 g/mol. The highest BCUT2D eigenvalue weighted by molar-refractivity contribution is 6.01. The third-order valence-electron chi connectivity index (χ3n) is 4.40. The molecule has 3 heteroatoms. The number of rotatable bonds is 5. The van der Waals surface area contributed by atoms with Gasteiger partial charge in [-0.2, -0.15) is 0 Å². The number of hydrogen-bond donors (Lipinski definition) is 0. The lowest BCUT2D eigenvalue weighted by Gasteiger charge is -2.10. The predicted octanol–water partition coefficient (Wildman–Crippen LogP) is 5.01.